The minimum atomic E-state index is -0.455. The summed E-state index contributed by atoms with van der Waals surface area (Å²) < 4.78 is 10.2. The smallest absolute Gasteiger partial charge is 0.332 e. The lowest BCUT2D eigenvalue weighted by atomic mass is 10.1. The van der Waals surface area contributed by atoms with Crippen molar-refractivity contribution < 1.29 is 9.53 Å². The van der Waals surface area contributed by atoms with Gasteiger partial charge in [-0.2, -0.15) is 4.98 Å². The van der Waals surface area contributed by atoms with Gasteiger partial charge in [0.05, 0.1) is 6.54 Å². The number of amides is 1. The van der Waals surface area contributed by atoms with E-state index in [2.05, 4.69) is 4.98 Å². The zero-order valence-corrected chi connectivity index (χ0v) is 19.3. The summed E-state index contributed by atoms with van der Waals surface area (Å²) in [5.74, 6) is 0.628. The van der Waals surface area contributed by atoms with Crippen molar-refractivity contribution in [2.45, 2.75) is 26.3 Å². The Labute approximate surface area is 195 Å². The molecule has 0 atom stereocenters. The van der Waals surface area contributed by atoms with Gasteiger partial charge in [-0.05, 0) is 43.2 Å². The maximum absolute atomic E-state index is 13.1. The molecule has 0 saturated carbocycles. The van der Waals surface area contributed by atoms with E-state index in [-0.39, 0.29) is 17.6 Å². The van der Waals surface area contributed by atoms with Gasteiger partial charge in [0, 0.05) is 32.7 Å². The highest BCUT2D eigenvalue weighted by molar-refractivity contribution is 5.95. The van der Waals surface area contributed by atoms with Crippen LogP contribution in [0.4, 0.5) is 5.69 Å². The number of fused-ring (bicyclic) bond motifs is 1. The van der Waals surface area contributed by atoms with Gasteiger partial charge in [-0.1, -0.05) is 29.8 Å². The molecular formula is C25H25N5O4. The molecule has 1 aliphatic rings. The van der Waals surface area contributed by atoms with Crippen LogP contribution in [0.2, 0.25) is 0 Å². The molecule has 5 rings (SSSR count). The predicted molar refractivity (Wildman–Crippen MR) is 129 cm³/mol. The summed E-state index contributed by atoms with van der Waals surface area (Å²) in [5.41, 5.74) is 2.55. The zero-order chi connectivity index (χ0) is 24.0. The van der Waals surface area contributed by atoms with Crippen LogP contribution in [0.25, 0.3) is 11.2 Å². The monoisotopic (exact) mass is 459 g/mol. The number of carbonyl (C=O) groups excluding carboxylic acids is 1. The Morgan fingerprint density at radius 2 is 1.76 bits per heavy atom. The first-order valence-corrected chi connectivity index (χ1v) is 11.1. The highest BCUT2D eigenvalue weighted by Crippen LogP contribution is 2.28. The van der Waals surface area contributed by atoms with Gasteiger partial charge in [0.15, 0.2) is 11.2 Å². The lowest BCUT2D eigenvalue weighted by molar-refractivity contribution is -0.117. The van der Waals surface area contributed by atoms with Crippen molar-refractivity contribution in [1.29, 1.82) is 0 Å². The quantitative estimate of drug-likeness (QED) is 0.458. The Bertz CT molecular complexity index is 1530. The number of hydrogen-bond donors (Lipinski definition) is 0. The molecule has 0 aliphatic carbocycles. The molecule has 2 aromatic heterocycles. The van der Waals surface area contributed by atoms with Gasteiger partial charge in [-0.3, -0.25) is 23.3 Å². The number of benzene rings is 2. The Hall–Kier alpha value is -4.14. The average Bonchev–Trinajstić information content (AvgIpc) is 3.41. The van der Waals surface area contributed by atoms with E-state index in [1.807, 2.05) is 43.3 Å². The van der Waals surface area contributed by atoms with E-state index in [9.17, 15) is 14.4 Å². The molecule has 1 aliphatic heterocycles. The van der Waals surface area contributed by atoms with Gasteiger partial charge in [-0.15, -0.1) is 0 Å². The molecule has 0 N–H and O–H groups in total. The summed E-state index contributed by atoms with van der Waals surface area (Å²) in [6.45, 7) is 3.06. The van der Waals surface area contributed by atoms with Gasteiger partial charge < -0.3 is 9.64 Å². The van der Waals surface area contributed by atoms with Gasteiger partial charge >= 0.3 is 11.7 Å². The molecule has 9 nitrogen and oxygen atoms in total. The van der Waals surface area contributed by atoms with E-state index < -0.39 is 11.2 Å². The Balaban J connectivity index is 1.59. The van der Waals surface area contributed by atoms with Crippen LogP contribution in [0.5, 0.6) is 11.8 Å². The van der Waals surface area contributed by atoms with Crippen LogP contribution in [0, 0.1) is 6.92 Å². The van der Waals surface area contributed by atoms with E-state index in [1.165, 1.54) is 11.6 Å². The highest BCUT2D eigenvalue weighted by Gasteiger charge is 2.23. The standard InChI is InChI=1S/C25H25N5O4/c1-16-6-4-7-17(14-16)15-30-21-22(27(2)25(33)28(3)23(21)32)26-24(30)34-19-11-9-18(10-12-19)29-13-5-8-20(29)31/h4,6-7,9-12,14H,5,8,13,15H2,1-3H3. The minimum absolute atomic E-state index is 0.116. The molecule has 1 saturated heterocycles. The summed E-state index contributed by atoms with van der Waals surface area (Å²) >= 11 is 0. The largest absolute Gasteiger partial charge is 0.425 e. The molecule has 2 aromatic carbocycles. The molecule has 0 bridgehead atoms. The first kappa shape index (κ1) is 21.7. The Morgan fingerprint density at radius 1 is 1.00 bits per heavy atom. The number of ether oxygens (including phenoxy) is 1. The zero-order valence-electron chi connectivity index (χ0n) is 19.3. The molecule has 3 heterocycles. The number of nitrogens with zero attached hydrogens (tertiary/aromatic N) is 5. The fourth-order valence-corrected chi connectivity index (χ4v) is 4.36. The van der Waals surface area contributed by atoms with Gasteiger partial charge in [0.1, 0.15) is 5.75 Å². The van der Waals surface area contributed by atoms with Crippen LogP contribution in [-0.2, 0) is 25.4 Å². The van der Waals surface area contributed by atoms with Gasteiger partial charge in [0.2, 0.25) is 5.91 Å². The first-order valence-electron chi connectivity index (χ1n) is 11.1. The van der Waals surface area contributed by atoms with E-state index in [0.29, 0.717) is 30.8 Å². The molecule has 1 amide bonds. The van der Waals surface area contributed by atoms with Gasteiger partial charge in [-0.25, -0.2) is 4.79 Å². The third-order valence-corrected chi connectivity index (χ3v) is 6.17. The molecule has 9 heteroatoms. The number of aromatic nitrogens is 4. The highest BCUT2D eigenvalue weighted by atomic mass is 16.5. The minimum Gasteiger partial charge on any atom is -0.425 e. The van der Waals surface area contributed by atoms with E-state index in [1.54, 1.807) is 28.6 Å². The van der Waals surface area contributed by atoms with E-state index in [0.717, 1.165) is 27.8 Å². The van der Waals surface area contributed by atoms with Crippen molar-refractivity contribution in [2.75, 3.05) is 11.4 Å². The SMILES string of the molecule is Cc1cccc(Cn2c(Oc3ccc(N4CCCC4=O)cc3)nc3c2c(=O)n(C)c(=O)n3C)c1. The fourth-order valence-electron chi connectivity index (χ4n) is 4.36. The van der Waals surface area contributed by atoms with Gasteiger partial charge in [0.25, 0.3) is 5.56 Å². The predicted octanol–water partition coefficient (Wildman–Crippen LogP) is 2.71. The summed E-state index contributed by atoms with van der Waals surface area (Å²) in [5, 5.41) is 0. The average molecular weight is 460 g/mol. The van der Waals surface area contributed by atoms with E-state index >= 15 is 0 Å². The number of carbonyl (C=O) groups is 1. The van der Waals surface area contributed by atoms with Crippen LogP contribution < -0.4 is 20.9 Å². The summed E-state index contributed by atoms with van der Waals surface area (Å²) in [7, 11) is 3.03. The van der Waals surface area contributed by atoms with Crippen molar-refractivity contribution in [1.82, 2.24) is 18.7 Å². The van der Waals surface area contributed by atoms with Crippen molar-refractivity contribution in [3.63, 3.8) is 0 Å². The number of imidazole rings is 1. The maximum Gasteiger partial charge on any atom is 0.332 e. The van der Waals surface area contributed by atoms with Crippen LogP contribution in [-0.4, -0.2) is 31.1 Å². The first-order chi connectivity index (χ1) is 16.3. The van der Waals surface area contributed by atoms with Crippen molar-refractivity contribution in [2.24, 2.45) is 14.1 Å². The number of rotatable bonds is 5. The molecule has 4 aromatic rings. The van der Waals surface area contributed by atoms with Crippen LogP contribution in [0.1, 0.15) is 24.0 Å². The fraction of sp³-hybridized carbons (Fsp3) is 0.280. The van der Waals surface area contributed by atoms with Crippen molar-refractivity contribution in [3.05, 3.63) is 80.5 Å². The van der Waals surface area contributed by atoms with Crippen LogP contribution in [0.3, 0.4) is 0 Å². The second-order valence-electron chi connectivity index (χ2n) is 8.59. The van der Waals surface area contributed by atoms with Crippen LogP contribution in [0.15, 0.2) is 58.1 Å². The molecule has 1 fully saturated rings. The van der Waals surface area contributed by atoms with Crippen LogP contribution >= 0.6 is 0 Å². The summed E-state index contributed by atoms with van der Waals surface area (Å²) in [6.07, 6.45) is 1.42. The number of hydrogen-bond acceptors (Lipinski definition) is 5. The van der Waals surface area contributed by atoms with Crippen molar-refractivity contribution in [3.8, 4) is 11.8 Å². The second kappa shape index (κ2) is 8.33. The Morgan fingerprint density at radius 3 is 2.44 bits per heavy atom. The second-order valence-corrected chi connectivity index (χ2v) is 8.59. The molecular weight excluding hydrogens is 434 g/mol. The number of anilines is 1. The lowest BCUT2D eigenvalue weighted by Gasteiger charge is -2.16. The molecule has 0 spiro atoms. The third-order valence-electron chi connectivity index (χ3n) is 6.17. The Kier molecular flexibility index (Phi) is 5.31. The molecule has 34 heavy (non-hydrogen) atoms. The maximum atomic E-state index is 13.1. The molecule has 0 radical (unpaired) electrons. The molecule has 174 valence electrons. The lowest BCUT2D eigenvalue weighted by Crippen LogP contribution is -2.37. The summed E-state index contributed by atoms with van der Waals surface area (Å²) in [6, 6.07) is 15.4. The summed E-state index contributed by atoms with van der Waals surface area (Å²) in [4.78, 5) is 43.9. The normalized spacial score (nSPS) is 13.7. The topological polar surface area (TPSA) is 91.4 Å². The molecule has 0 unspecified atom stereocenters. The third kappa shape index (κ3) is 3.68. The van der Waals surface area contributed by atoms with Crippen molar-refractivity contribution >= 4 is 22.8 Å². The van der Waals surface area contributed by atoms with E-state index in [4.69, 9.17) is 4.74 Å². The number of aryl methyl sites for hydroxylation is 2.